The number of ether oxygens (including phenoxy) is 1. The van der Waals surface area contributed by atoms with Crippen LogP contribution in [-0.4, -0.2) is 17.5 Å². The third-order valence-electron chi connectivity index (χ3n) is 2.31. The quantitative estimate of drug-likeness (QED) is 0.491. The molecule has 0 aromatic rings. The first-order valence-electron chi connectivity index (χ1n) is 5.37. The van der Waals surface area contributed by atoms with Crippen molar-refractivity contribution < 1.29 is 4.74 Å². The number of halogens is 1. The molecule has 0 saturated carbocycles. The highest BCUT2D eigenvalue weighted by molar-refractivity contribution is 9.09. The Kier molecular flexibility index (Phi) is 7.56. The predicted octanol–water partition coefficient (Wildman–Crippen LogP) is 4.31. The Morgan fingerprint density at radius 2 is 2.07 bits per heavy atom. The van der Waals surface area contributed by atoms with E-state index >= 15 is 0 Å². The normalized spacial score (nSPS) is 13.4. The Morgan fingerprint density at radius 3 is 2.57 bits per heavy atom. The molecule has 0 N–H and O–H groups in total. The zero-order chi connectivity index (χ0) is 11.0. The molecule has 0 saturated heterocycles. The molecular weight excluding hydrogens is 240 g/mol. The van der Waals surface area contributed by atoms with Gasteiger partial charge in [0.15, 0.2) is 0 Å². The van der Waals surface area contributed by atoms with Gasteiger partial charge in [-0.15, -0.1) is 0 Å². The summed E-state index contributed by atoms with van der Waals surface area (Å²) in [7, 11) is 0. The van der Waals surface area contributed by atoms with Crippen molar-refractivity contribution in [3.63, 3.8) is 0 Å². The Balaban J connectivity index is 3.67. The minimum absolute atomic E-state index is 0.0451. The van der Waals surface area contributed by atoms with Crippen molar-refractivity contribution in [3.05, 3.63) is 11.6 Å². The van der Waals surface area contributed by atoms with E-state index in [0.717, 1.165) is 18.4 Å². The van der Waals surface area contributed by atoms with Gasteiger partial charge in [-0.2, -0.15) is 0 Å². The summed E-state index contributed by atoms with van der Waals surface area (Å²) in [4.78, 5) is 0. The molecule has 0 amide bonds. The molecule has 0 spiro atoms. The lowest BCUT2D eigenvalue weighted by atomic mass is 9.99. The van der Waals surface area contributed by atoms with Gasteiger partial charge in [0.2, 0.25) is 0 Å². The van der Waals surface area contributed by atoms with Crippen LogP contribution in [0.1, 0.15) is 47.0 Å². The van der Waals surface area contributed by atoms with Crippen molar-refractivity contribution in [2.75, 3.05) is 11.9 Å². The molecule has 0 aromatic heterocycles. The maximum Gasteiger partial charge on any atom is 0.0626 e. The molecule has 0 aromatic carbocycles. The van der Waals surface area contributed by atoms with Gasteiger partial charge in [-0.25, -0.2) is 0 Å². The van der Waals surface area contributed by atoms with E-state index in [0.29, 0.717) is 0 Å². The molecule has 84 valence electrons. The fourth-order valence-corrected chi connectivity index (χ4v) is 2.04. The van der Waals surface area contributed by atoms with E-state index in [2.05, 4.69) is 49.7 Å². The lowest BCUT2D eigenvalue weighted by molar-refractivity contribution is -0.0173. The fourth-order valence-electron chi connectivity index (χ4n) is 1.49. The molecule has 0 aliphatic rings. The second-order valence-corrected chi connectivity index (χ2v) is 4.90. The van der Waals surface area contributed by atoms with Gasteiger partial charge in [-0.05, 0) is 47.0 Å². The van der Waals surface area contributed by atoms with Crippen molar-refractivity contribution in [3.8, 4) is 0 Å². The average Bonchev–Trinajstić information content (AvgIpc) is 2.03. The van der Waals surface area contributed by atoms with Crippen LogP contribution in [-0.2, 0) is 4.74 Å². The third kappa shape index (κ3) is 7.57. The maximum absolute atomic E-state index is 5.64. The Bertz CT molecular complexity index is 173. The van der Waals surface area contributed by atoms with Crippen LogP contribution < -0.4 is 0 Å². The molecule has 0 atom stereocenters. The van der Waals surface area contributed by atoms with Gasteiger partial charge in [-0.3, -0.25) is 0 Å². The summed E-state index contributed by atoms with van der Waals surface area (Å²) >= 11 is 3.41. The van der Waals surface area contributed by atoms with Gasteiger partial charge in [0, 0.05) is 11.9 Å². The summed E-state index contributed by atoms with van der Waals surface area (Å²) in [6.07, 6.45) is 5.76. The zero-order valence-corrected chi connectivity index (χ0v) is 11.5. The van der Waals surface area contributed by atoms with E-state index in [-0.39, 0.29) is 5.60 Å². The van der Waals surface area contributed by atoms with Gasteiger partial charge in [0.25, 0.3) is 0 Å². The van der Waals surface area contributed by atoms with Crippen LogP contribution in [0.5, 0.6) is 0 Å². The number of hydrogen-bond acceptors (Lipinski definition) is 1. The molecule has 1 nitrogen and oxygen atoms in total. The molecule has 2 heteroatoms. The molecule has 0 aliphatic heterocycles. The Morgan fingerprint density at radius 1 is 1.43 bits per heavy atom. The van der Waals surface area contributed by atoms with Crippen LogP contribution in [0.15, 0.2) is 11.6 Å². The number of hydrogen-bond donors (Lipinski definition) is 0. The van der Waals surface area contributed by atoms with Crippen molar-refractivity contribution in [1.29, 1.82) is 0 Å². The lowest BCUT2D eigenvalue weighted by Crippen LogP contribution is -2.24. The number of alkyl halides is 1. The fraction of sp³-hybridized carbons (Fsp3) is 0.833. The zero-order valence-electron chi connectivity index (χ0n) is 9.90. The summed E-state index contributed by atoms with van der Waals surface area (Å²) in [5, 5.41) is 0.966. The second kappa shape index (κ2) is 7.47. The van der Waals surface area contributed by atoms with Crippen molar-refractivity contribution >= 4 is 15.9 Å². The van der Waals surface area contributed by atoms with Crippen LogP contribution >= 0.6 is 15.9 Å². The van der Waals surface area contributed by atoms with E-state index < -0.39 is 0 Å². The molecule has 0 bridgehead atoms. The van der Waals surface area contributed by atoms with Gasteiger partial charge < -0.3 is 4.74 Å². The topological polar surface area (TPSA) is 9.23 Å². The van der Waals surface area contributed by atoms with Gasteiger partial charge in [0.1, 0.15) is 0 Å². The molecule has 0 radical (unpaired) electrons. The summed E-state index contributed by atoms with van der Waals surface area (Å²) < 4.78 is 5.64. The smallest absolute Gasteiger partial charge is 0.0626 e. The highest BCUT2D eigenvalue weighted by Crippen LogP contribution is 2.19. The van der Waals surface area contributed by atoms with Crippen LogP contribution in [0.3, 0.4) is 0 Å². The van der Waals surface area contributed by atoms with Gasteiger partial charge in [-0.1, -0.05) is 27.6 Å². The van der Waals surface area contributed by atoms with Crippen molar-refractivity contribution in [2.45, 2.75) is 52.6 Å². The van der Waals surface area contributed by atoms with Gasteiger partial charge >= 0.3 is 0 Å². The monoisotopic (exact) mass is 262 g/mol. The third-order valence-corrected chi connectivity index (χ3v) is 2.63. The number of allylic oxidation sites excluding steroid dienone is 2. The largest absolute Gasteiger partial charge is 0.376 e. The van der Waals surface area contributed by atoms with Crippen LogP contribution in [0.25, 0.3) is 0 Å². The highest BCUT2D eigenvalue weighted by atomic mass is 79.9. The van der Waals surface area contributed by atoms with E-state index in [9.17, 15) is 0 Å². The van der Waals surface area contributed by atoms with E-state index in [4.69, 9.17) is 4.74 Å². The summed E-state index contributed by atoms with van der Waals surface area (Å²) in [6.45, 7) is 9.38. The van der Waals surface area contributed by atoms with Crippen molar-refractivity contribution in [2.24, 2.45) is 0 Å². The van der Waals surface area contributed by atoms with Crippen LogP contribution in [0.2, 0.25) is 0 Å². The summed E-state index contributed by atoms with van der Waals surface area (Å²) in [6, 6.07) is 0. The van der Waals surface area contributed by atoms with E-state index in [1.165, 1.54) is 18.4 Å². The van der Waals surface area contributed by atoms with E-state index in [1.54, 1.807) is 0 Å². The first-order valence-corrected chi connectivity index (χ1v) is 6.49. The second-order valence-electron chi connectivity index (χ2n) is 4.25. The Hall–Kier alpha value is 0.180. The first-order chi connectivity index (χ1) is 6.52. The molecular formula is C12H23BrO. The molecule has 0 unspecified atom stereocenters. The number of rotatable bonds is 7. The molecule has 0 fully saturated rings. The average molecular weight is 263 g/mol. The highest BCUT2D eigenvalue weighted by Gasteiger charge is 2.16. The molecule has 14 heavy (non-hydrogen) atoms. The Labute approximate surface area is 97.0 Å². The van der Waals surface area contributed by atoms with Crippen molar-refractivity contribution in [1.82, 2.24) is 0 Å². The lowest BCUT2D eigenvalue weighted by Gasteiger charge is -2.24. The van der Waals surface area contributed by atoms with E-state index in [1.807, 2.05) is 0 Å². The molecule has 0 rings (SSSR count). The minimum atomic E-state index is 0.0451. The standard InChI is InChI=1S/C12H23BrO/c1-5-14-12(3,4)9-6-7-11(2)8-10-13/h8H,5-7,9-10H2,1-4H3. The minimum Gasteiger partial charge on any atom is -0.376 e. The van der Waals surface area contributed by atoms with Crippen LogP contribution in [0, 0.1) is 0 Å². The first kappa shape index (κ1) is 14.2. The molecule has 0 aliphatic carbocycles. The summed E-state index contributed by atoms with van der Waals surface area (Å²) in [5.41, 5.74) is 1.51. The van der Waals surface area contributed by atoms with Gasteiger partial charge in [0.05, 0.1) is 5.60 Å². The predicted molar refractivity (Wildman–Crippen MR) is 67.1 cm³/mol. The maximum atomic E-state index is 5.64. The summed E-state index contributed by atoms with van der Waals surface area (Å²) in [5.74, 6) is 0. The van der Waals surface area contributed by atoms with Crippen LogP contribution in [0.4, 0.5) is 0 Å². The SMILES string of the molecule is CCOC(C)(C)CCCC(C)=CCBr. The molecule has 0 heterocycles.